The van der Waals surface area contributed by atoms with Crippen molar-refractivity contribution in [3.63, 3.8) is 0 Å². The molecule has 3 nitrogen and oxygen atoms in total. The van der Waals surface area contributed by atoms with Gasteiger partial charge in [-0.2, -0.15) is 0 Å². The minimum Gasteiger partial charge on any atom is -0.326 e. The second-order valence-corrected chi connectivity index (χ2v) is 5.33. The van der Waals surface area contributed by atoms with Crippen LogP contribution in [0.3, 0.4) is 0 Å². The van der Waals surface area contributed by atoms with Gasteiger partial charge in [-0.15, -0.1) is 0 Å². The van der Waals surface area contributed by atoms with Gasteiger partial charge in [-0.1, -0.05) is 6.42 Å². The molecule has 1 aromatic rings. The zero-order valence-electron chi connectivity index (χ0n) is 10.3. The van der Waals surface area contributed by atoms with Crippen LogP contribution in [0.1, 0.15) is 42.5 Å². The topological polar surface area (TPSA) is 46.2 Å². The van der Waals surface area contributed by atoms with Crippen LogP contribution in [0.15, 0.2) is 24.3 Å². The Kier molecular flexibility index (Phi) is 2.90. The van der Waals surface area contributed by atoms with Crippen LogP contribution in [-0.4, -0.2) is 11.7 Å². The van der Waals surface area contributed by atoms with Gasteiger partial charge < -0.3 is 5.32 Å². The van der Waals surface area contributed by atoms with Gasteiger partial charge in [0.05, 0.1) is 0 Å². The molecule has 1 aromatic carbocycles. The summed E-state index contributed by atoms with van der Waals surface area (Å²) in [6.07, 6.45) is 5.22. The van der Waals surface area contributed by atoms with Crippen LogP contribution in [0.2, 0.25) is 0 Å². The number of amides is 1. The molecule has 0 heterocycles. The van der Waals surface area contributed by atoms with Gasteiger partial charge in [-0.05, 0) is 49.9 Å². The van der Waals surface area contributed by atoms with Crippen LogP contribution in [0.4, 0.5) is 5.69 Å². The highest BCUT2D eigenvalue weighted by atomic mass is 16.2. The standard InChI is InChI=1S/C15H17NO2/c17-14(10-4-5-10)11-6-8-13(9-7-11)16-15(18)12-2-1-3-12/h6-10,12H,1-5H2,(H,16,18). The Labute approximate surface area is 107 Å². The molecule has 3 heteroatoms. The molecule has 0 bridgehead atoms. The van der Waals surface area contributed by atoms with E-state index in [-0.39, 0.29) is 23.5 Å². The molecule has 2 aliphatic rings. The summed E-state index contributed by atoms with van der Waals surface area (Å²) in [5.41, 5.74) is 1.55. The Balaban J connectivity index is 1.63. The lowest BCUT2D eigenvalue weighted by molar-refractivity contribution is -0.122. The number of hydrogen-bond acceptors (Lipinski definition) is 2. The Bertz CT molecular complexity index is 470. The lowest BCUT2D eigenvalue weighted by atomic mass is 9.85. The van der Waals surface area contributed by atoms with Crippen molar-refractivity contribution in [2.45, 2.75) is 32.1 Å². The number of ketones is 1. The normalized spacial score (nSPS) is 19.1. The minimum absolute atomic E-state index is 0.113. The first-order valence-electron chi connectivity index (χ1n) is 6.69. The number of benzene rings is 1. The van der Waals surface area contributed by atoms with Gasteiger partial charge in [0.1, 0.15) is 0 Å². The quantitative estimate of drug-likeness (QED) is 0.826. The molecule has 2 fully saturated rings. The minimum atomic E-state index is 0.113. The van der Waals surface area contributed by atoms with Crippen LogP contribution in [0.5, 0.6) is 0 Å². The Hall–Kier alpha value is -1.64. The first-order valence-corrected chi connectivity index (χ1v) is 6.69. The van der Waals surface area contributed by atoms with E-state index in [4.69, 9.17) is 0 Å². The van der Waals surface area contributed by atoms with E-state index >= 15 is 0 Å². The zero-order valence-corrected chi connectivity index (χ0v) is 10.3. The van der Waals surface area contributed by atoms with Gasteiger partial charge in [0, 0.05) is 23.1 Å². The van der Waals surface area contributed by atoms with E-state index in [9.17, 15) is 9.59 Å². The van der Waals surface area contributed by atoms with Crippen LogP contribution in [0.25, 0.3) is 0 Å². The third-order valence-electron chi connectivity index (χ3n) is 3.86. The summed E-state index contributed by atoms with van der Waals surface area (Å²) in [6, 6.07) is 7.28. The first kappa shape index (κ1) is 11.5. The van der Waals surface area contributed by atoms with Crippen molar-refractivity contribution in [2.75, 3.05) is 5.32 Å². The number of rotatable bonds is 4. The van der Waals surface area contributed by atoms with Crippen molar-refractivity contribution in [1.82, 2.24) is 0 Å². The number of Topliss-reactive ketones (excluding diaryl/α,β-unsaturated/α-hetero) is 1. The van der Waals surface area contributed by atoms with E-state index in [0.29, 0.717) is 0 Å². The lowest BCUT2D eigenvalue weighted by Gasteiger charge is -2.24. The van der Waals surface area contributed by atoms with E-state index < -0.39 is 0 Å². The highest BCUT2D eigenvalue weighted by Crippen LogP contribution is 2.33. The molecule has 2 saturated carbocycles. The fourth-order valence-corrected chi connectivity index (χ4v) is 2.21. The van der Waals surface area contributed by atoms with E-state index in [2.05, 4.69) is 5.32 Å². The Morgan fingerprint density at radius 2 is 1.61 bits per heavy atom. The summed E-state index contributed by atoms with van der Waals surface area (Å²) in [6.45, 7) is 0. The highest BCUT2D eigenvalue weighted by molar-refractivity contribution is 6.00. The van der Waals surface area contributed by atoms with Crippen molar-refractivity contribution in [2.24, 2.45) is 11.8 Å². The molecule has 2 aliphatic carbocycles. The van der Waals surface area contributed by atoms with Crippen LogP contribution >= 0.6 is 0 Å². The molecule has 0 unspecified atom stereocenters. The zero-order chi connectivity index (χ0) is 12.5. The van der Waals surface area contributed by atoms with Gasteiger partial charge in [-0.3, -0.25) is 9.59 Å². The van der Waals surface area contributed by atoms with E-state index in [0.717, 1.165) is 43.4 Å². The largest absolute Gasteiger partial charge is 0.326 e. The van der Waals surface area contributed by atoms with Gasteiger partial charge in [0.25, 0.3) is 0 Å². The second kappa shape index (κ2) is 4.56. The molecule has 0 radical (unpaired) electrons. The molecule has 3 rings (SSSR count). The lowest BCUT2D eigenvalue weighted by Crippen LogP contribution is -2.28. The molecule has 94 valence electrons. The Morgan fingerprint density at radius 3 is 2.11 bits per heavy atom. The summed E-state index contributed by atoms with van der Waals surface area (Å²) in [4.78, 5) is 23.6. The Morgan fingerprint density at radius 1 is 0.944 bits per heavy atom. The maximum absolute atomic E-state index is 11.8. The van der Waals surface area contributed by atoms with Crippen molar-refractivity contribution < 1.29 is 9.59 Å². The van der Waals surface area contributed by atoms with Crippen LogP contribution < -0.4 is 5.32 Å². The second-order valence-electron chi connectivity index (χ2n) is 5.33. The summed E-state index contributed by atoms with van der Waals surface area (Å²) in [5.74, 6) is 0.799. The van der Waals surface area contributed by atoms with Gasteiger partial charge >= 0.3 is 0 Å². The number of carbonyl (C=O) groups is 2. The molecule has 0 aromatic heterocycles. The number of nitrogens with one attached hydrogen (secondary N) is 1. The average molecular weight is 243 g/mol. The van der Waals surface area contributed by atoms with Crippen molar-refractivity contribution in [3.05, 3.63) is 29.8 Å². The molecule has 1 amide bonds. The number of carbonyl (C=O) groups excluding carboxylic acids is 2. The summed E-state index contributed by atoms with van der Waals surface area (Å²) >= 11 is 0. The molecule has 18 heavy (non-hydrogen) atoms. The SMILES string of the molecule is O=C(Nc1ccc(C(=O)C2CC2)cc1)C1CCC1. The van der Waals surface area contributed by atoms with Crippen molar-refractivity contribution in [1.29, 1.82) is 0 Å². The summed E-state index contributed by atoms with van der Waals surface area (Å²) in [5, 5.41) is 2.90. The van der Waals surface area contributed by atoms with Gasteiger partial charge in [0.2, 0.25) is 5.91 Å². The fourth-order valence-electron chi connectivity index (χ4n) is 2.21. The van der Waals surface area contributed by atoms with Crippen LogP contribution in [-0.2, 0) is 4.79 Å². The predicted octanol–water partition coefficient (Wildman–Crippen LogP) is 3.02. The summed E-state index contributed by atoms with van der Waals surface area (Å²) < 4.78 is 0. The maximum atomic E-state index is 11.8. The average Bonchev–Trinajstić information content (AvgIpc) is 3.10. The van der Waals surface area contributed by atoms with Gasteiger partial charge in [-0.25, -0.2) is 0 Å². The molecular formula is C15H17NO2. The molecule has 0 aliphatic heterocycles. The first-order chi connectivity index (χ1) is 8.74. The van der Waals surface area contributed by atoms with E-state index in [1.165, 1.54) is 0 Å². The van der Waals surface area contributed by atoms with Crippen molar-refractivity contribution >= 4 is 17.4 Å². The molecule has 0 saturated heterocycles. The fraction of sp³-hybridized carbons (Fsp3) is 0.467. The smallest absolute Gasteiger partial charge is 0.227 e. The van der Waals surface area contributed by atoms with Crippen molar-refractivity contribution in [3.8, 4) is 0 Å². The monoisotopic (exact) mass is 243 g/mol. The number of hydrogen-bond donors (Lipinski definition) is 1. The highest BCUT2D eigenvalue weighted by Gasteiger charge is 2.30. The molecule has 0 spiro atoms. The van der Waals surface area contributed by atoms with Gasteiger partial charge in [0.15, 0.2) is 5.78 Å². The number of anilines is 1. The molecular weight excluding hydrogens is 226 g/mol. The molecule has 0 atom stereocenters. The molecule has 1 N–H and O–H groups in total. The third-order valence-corrected chi connectivity index (χ3v) is 3.86. The van der Waals surface area contributed by atoms with E-state index in [1.54, 1.807) is 0 Å². The third kappa shape index (κ3) is 2.30. The van der Waals surface area contributed by atoms with Crippen LogP contribution in [0, 0.1) is 11.8 Å². The van der Waals surface area contributed by atoms with E-state index in [1.807, 2.05) is 24.3 Å². The maximum Gasteiger partial charge on any atom is 0.227 e. The summed E-state index contributed by atoms with van der Waals surface area (Å²) in [7, 11) is 0. The predicted molar refractivity (Wildman–Crippen MR) is 69.5 cm³/mol.